The van der Waals surface area contributed by atoms with Gasteiger partial charge in [-0.25, -0.2) is 13.9 Å². The van der Waals surface area contributed by atoms with Crippen molar-refractivity contribution in [2.24, 2.45) is 0 Å². The van der Waals surface area contributed by atoms with Crippen LogP contribution in [0.25, 0.3) is 16.9 Å². The summed E-state index contributed by atoms with van der Waals surface area (Å²) in [5.74, 6) is -1.86. The van der Waals surface area contributed by atoms with Crippen molar-refractivity contribution in [2.45, 2.75) is 6.36 Å². The van der Waals surface area contributed by atoms with E-state index in [2.05, 4.69) is 25.1 Å². The van der Waals surface area contributed by atoms with E-state index in [4.69, 9.17) is 0 Å². The van der Waals surface area contributed by atoms with E-state index in [0.717, 1.165) is 12.3 Å². The predicted octanol–water partition coefficient (Wildman–Crippen LogP) is 4.08. The average Bonchev–Trinajstić information content (AvgIpc) is 3.12. The largest absolute Gasteiger partial charge is 0.573 e. The molecule has 4 rings (SSSR count). The van der Waals surface area contributed by atoms with Gasteiger partial charge in [0, 0.05) is 18.0 Å². The third-order valence-electron chi connectivity index (χ3n) is 4.02. The van der Waals surface area contributed by atoms with E-state index < -0.39 is 23.8 Å². The number of nitrogens with zero attached hydrogens (tertiary/aromatic N) is 4. The highest BCUT2D eigenvalue weighted by Crippen LogP contribution is 2.33. The highest BCUT2D eigenvalue weighted by Gasteiger charge is 2.32. The van der Waals surface area contributed by atoms with E-state index in [1.54, 1.807) is 0 Å². The number of halogens is 4. The Morgan fingerprint density at radius 2 is 1.90 bits per heavy atom. The van der Waals surface area contributed by atoms with Crippen molar-refractivity contribution in [1.29, 1.82) is 0 Å². The van der Waals surface area contributed by atoms with Crippen LogP contribution in [0.1, 0.15) is 10.4 Å². The average molecular weight is 417 g/mol. The van der Waals surface area contributed by atoms with Crippen LogP contribution in [0.15, 0.2) is 61.2 Å². The molecular weight excluding hydrogens is 406 g/mol. The number of alkyl halides is 3. The number of benzene rings is 1. The van der Waals surface area contributed by atoms with E-state index in [1.807, 2.05) is 0 Å². The molecule has 0 aliphatic rings. The lowest BCUT2D eigenvalue weighted by atomic mass is 10.1. The molecule has 152 valence electrons. The van der Waals surface area contributed by atoms with Crippen molar-refractivity contribution < 1.29 is 27.1 Å². The van der Waals surface area contributed by atoms with Gasteiger partial charge < -0.3 is 10.1 Å². The Bertz CT molecular complexity index is 1240. The van der Waals surface area contributed by atoms with Crippen molar-refractivity contribution in [3.63, 3.8) is 0 Å². The van der Waals surface area contributed by atoms with Crippen LogP contribution in [-0.4, -0.2) is 31.9 Å². The maximum atomic E-state index is 13.8. The zero-order valence-corrected chi connectivity index (χ0v) is 14.9. The predicted molar refractivity (Wildman–Crippen MR) is 97.3 cm³/mol. The molecule has 1 N–H and O–H groups in total. The van der Waals surface area contributed by atoms with Gasteiger partial charge in [0.15, 0.2) is 11.5 Å². The Morgan fingerprint density at radius 3 is 2.67 bits per heavy atom. The fourth-order valence-electron chi connectivity index (χ4n) is 2.74. The molecule has 0 aliphatic carbocycles. The molecule has 0 saturated heterocycles. The molecule has 0 radical (unpaired) electrons. The molecule has 0 spiro atoms. The third kappa shape index (κ3) is 3.90. The zero-order chi connectivity index (χ0) is 21.3. The Balaban J connectivity index is 1.73. The second-order valence-electron chi connectivity index (χ2n) is 5.99. The number of hydrogen-bond donors (Lipinski definition) is 1. The lowest BCUT2D eigenvalue weighted by Gasteiger charge is -2.13. The number of amides is 1. The van der Waals surface area contributed by atoms with E-state index in [0.29, 0.717) is 0 Å². The van der Waals surface area contributed by atoms with Gasteiger partial charge in [-0.2, -0.15) is 5.10 Å². The maximum Gasteiger partial charge on any atom is 0.573 e. The molecule has 0 bridgehead atoms. The second kappa shape index (κ2) is 7.43. The highest BCUT2D eigenvalue weighted by atomic mass is 19.4. The number of ether oxygens (including phenoxy) is 1. The fourth-order valence-corrected chi connectivity index (χ4v) is 2.74. The number of rotatable bonds is 4. The Kier molecular flexibility index (Phi) is 4.78. The number of fused-ring (bicyclic) bond motifs is 1. The summed E-state index contributed by atoms with van der Waals surface area (Å²) >= 11 is 0. The van der Waals surface area contributed by atoms with Gasteiger partial charge >= 0.3 is 6.36 Å². The monoisotopic (exact) mass is 417 g/mol. The minimum Gasteiger partial charge on any atom is -0.405 e. The van der Waals surface area contributed by atoms with Crippen molar-refractivity contribution in [1.82, 2.24) is 19.6 Å². The molecule has 0 aliphatic heterocycles. The van der Waals surface area contributed by atoms with Crippen molar-refractivity contribution in [3.8, 4) is 17.0 Å². The minimum absolute atomic E-state index is 0.00211. The Hall–Kier alpha value is -4.02. The first-order valence-corrected chi connectivity index (χ1v) is 8.42. The van der Waals surface area contributed by atoms with Gasteiger partial charge in [-0.05, 0) is 24.3 Å². The van der Waals surface area contributed by atoms with Crippen LogP contribution in [-0.2, 0) is 0 Å². The molecule has 1 aromatic carbocycles. The van der Waals surface area contributed by atoms with Gasteiger partial charge in [0.1, 0.15) is 11.3 Å². The number of anilines is 1. The molecule has 7 nitrogen and oxygen atoms in total. The van der Waals surface area contributed by atoms with Gasteiger partial charge in [0.2, 0.25) is 0 Å². The van der Waals surface area contributed by atoms with Crippen molar-refractivity contribution in [2.75, 3.05) is 5.32 Å². The van der Waals surface area contributed by atoms with Gasteiger partial charge in [0.05, 0.1) is 23.8 Å². The number of carbonyl (C=O) groups excluding carboxylic acids is 1. The van der Waals surface area contributed by atoms with Crippen LogP contribution in [0, 0.1) is 5.82 Å². The molecule has 0 saturated carbocycles. The van der Waals surface area contributed by atoms with Crippen molar-refractivity contribution in [3.05, 3.63) is 72.6 Å². The molecule has 1 amide bonds. The Labute approximate surface area is 166 Å². The molecule has 0 fully saturated rings. The van der Waals surface area contributed by atoms with E-state index in [9.17, 15) is 22.4 Å². The summed E-state index contributed by atoms with van der Waals surface area (Å²) in [6, 6.07) is 8.20. The summed E-state index contributed by atoms with van der Waals surface area (Å²) in [6.07, 6.45) is 0.0311. The summed E-state index contributed by atoms with van der Waals surface area (Å²) in [7, 11) is 0. The van der Waals surface area contributed by atoms with Gasteiger partial charge in [0.25, 0.3) is 5.91 Å². The molecule has 0 atom stereocenters. The first kappa shape index (κ1) is 19.3. The number of hydrogen-bond acceptors (Lipinski definition) is 5. The fraction of sp³-hybridized carbons (Fsp3) is 0.0526. The summed E-state index contributed by atoms with van der Waals surface area (Å²) in [6.45, 7) is 0. The molecular formula is C19H11F4N5O2. The van der Waals surface area contributed by atoms with Crippen LogP contribution in [0.3, 0.4) is 0 Å². The molecule has 4 aromatic rings. The molecule has 30 heavy (non-hydrogen) atoms. The number of para-hydroxylation sites is 1. The summed E-state index contributed by atoms with van der Waals surface area (Å²) in [5, 5.41) is 6.38. The lowest BCUT2D eigenvalue weighted by Crippen LogP contribution is -2.17. The van der Waals surface area contributed by atoms with Crippen LogP contribution in [0.5, 0.6) is 5.75 Å². The number of nitrogens with one attached hydrogen (secondary N) is 1. The molecule has 3 heterocycles. The number of pyridine rings is 1. The van der Waals surface area contributed by atoms with Crippen LogP contribution < -0.4 is 10.1 Å². The molecule has 0 unspecified atom stereocenters. The van der Waals surface area contributed by atoms with Crippen LogP contribution >= 0.6 is 0 Å². The zero-order valence-electron chi connectivity index (χ0n) is 14.9. The number of carbonyl (C=O) groups is 1. The van der Waals surface area contributed by atoms with Crippen LogP contribution in [0.4, 0.5) is 23.2 Å². The number of aromatic nitrogens is 4. The Morgan fingerprint density at radius 1 is 1.10 bits per heavy atom. The quantitative estimate of drug-likeness (QED) is 0.506. The maximum absolute atomic E-state index is 13.8. The third-order valence-corrected chi connectivity index (χ3v) is 4.02. The minimum atomic E-state index is -4.88. The molecule has 11 heteroatoms. The highest BCUT2D eigenvalue weighted by molar-refractivity contribution is 6.08. The van der Waals surface area contributed by atoms with Crippen molar-refractivity contribution >= 4 is 17.2 Å². The topological polar surface area (TPSA) is 81.4 Å². The van der Waals surface area contributed by atoms with Gasteiger partial charge in [-0.3, -0.25) is 9.78 Å². The van der Waals surface area contributed by atoms with E-state index in [-0.39, 0.29) is 28.2 Å². The summed E-state index contributed by atoms with van der Waals surface area (Å²) in [4.78, 5) is 20.4. The summed E-state index contributed by atoms with van der Waals surface area (Å²) < 4.78 is 57.2. The van der Waals surface area contributed by atoms with Gasteiger partial charge in [-0.15, -0.1) is 13.2 Å². The van der Waals surface area contributed by atoms with E-state index in [1.165, 1.54) is 53.4 Å². The second-order valence-corrected chi connectivity index (χ2v) is 5.99. The first-order chi connectivity index (χ1) is 14.3. The standard InChI is InChI=1S/C19H11F4N5O2/c20-13-10-24-7-5-15(13)27-18(29)12-9-25-28-8-6-14(26-17(12)28)11-3-1-2-4-16(11)30-19(21,22)23/h1-10H,(H,24,27,29). The smallest absolute Gasteiger partial charge is 0.405 e. The molecule has 3 aromatic heterocycles. The first-order valence-electron chi connectivity index (χ1n) is 8.42. The SMILES string of the molecule is O=C(Nc1ccncc1F)c1cnn2ccc(-c3ccccc3OC(F)(F)F)nc12. The normalized spacial score (nSPS) is 11.5. The van der Waals surface area contributed by atoms with E-state index >= 15 is 0 Å². The van der Waals surface area contributed by atoms with Gasteiger partial charge in [-0.1, -0.05) is 12.1 Å². The van der Waals surface area contributed by atoms with Crippen LogP contribution in [0.2, 0.25) is 0 Å². The summed E-state index contributed by atoms with van der Waals surface area (Å²) in [5.41, 5.74) is 0.190. The lowest BCUT2D eigenvalue weighted by molar-refractivity contribution is -0.274.